The smallest absolute Gasteiger partial charge is 0.233 e. The number of nitrogens with one attached hydrogen (secondary N) is 2. The second-order valence-corrected chi connectivity index (χ2v) is 5.24. The van der Waals surface area contributed by atoms with Gasteiger partial charge in [0.2, 0.25) is 5.91 Å². The Morgan fingerprint density at radius 2 is 2.06 bits per heavy atom. The molecular formula is C13H27N3O. The first-order valence-electron chi connectivity index (χ1n) is 6.80. The highest BCUT2D eigenvalue weighted by Gasteiger charge is 2.17. The molecule has 17 heavy (non-hydrogen) atoms. The van der Waals surface area contributed by atoms with E-state index >= 15 is 0 Å². The molecule has 0 aromatic carbocycles. The number of hydrogen-bond acceptors (Lipinski definition) is 3. The van der Waals surface area contributed by atoms with Crippen molar-refractivity contribution in [1.29, 1.82) is 0 Å². The van der Waals surface area contributed by atoms with E-state index in [-0.39, 0.29) is 5.91 Å². The van der Waals surface area contributed by atoms with Crippen LogP contribution in [0.15, 0.2) is 0 Å². The number of carbonyl (C=O) groups is 1. The van der Waals surface area contributed by atoms with Crippen LogP contribution in [0.1, 0.15) is 33.1 Å². The summed E-state index contributed by atoms with van der Waals surface area (Å²) in [7, 11) is 2.16. The Morgan fingerprint density at radius 1 is 1.41 bits per heavy atom. The Hall–Kier alpha value is -0.610. The normalized spacial score (nSPS) is 20.2. The van der Waals surface area contributed by atoms with Gasteiger partial charge >= 0.3 is 0 Å². The summed E-state index contributed by atoms with van der Waals surface area (Å²) in [4.78, 5) is 13.9. The molecule has 1 unspecified atom stereocenters. The van der Waals surface area contributed by atoms with Crippen LogP contribution in [-0.4, -0.2) is 50.1 Å². The van der Waals surface area contributed by atoms with Gasteiger partial charge in [-0.2, -0.15) is 0 Å². The lowest BCUT2D eigenvalue weighted by Crippen LogP contribution is -2.41. The van der Waals surface area contributed by atoms with E-state index in [1.54, 1.807) is 0 Å². The molecular weight excluding hydrogens is 214 g/mol. The number of hydrogen-bond donors (Lipinski definition) is 2. The van der Waals surface area contributed by atoms with Crippen LogP contribution in [-0.2, 0) is 4.79 Å². The summed E-state index contributed by atoms with van der Waals surface area (Å²) in [5, 5.41) is 6.23. The lowest BCUT2D eigenvalue weighted by atomic mass is 9.97. The fourth-order valence-electron chi connectivity index (χ4n) is 2.00. The highest BCUT2D eigenvalue weighted by Crippen LogP contribution is 2.14. The summed E-state index contributed by atoms with van der Waals surface area (Å²) in [6, 6.07) is 0.420. The van der Waals surface area contributed by atoms with Gasteiger partial charge in [0.15, 0.2) is 0 Å². The van der Waals surface area contributed by atoms with E-state index < -0.39 is 0 Å². The van der Waals surface area contributed by atoms with Gasteiger partial charge in [-0.25, -0.2) is 0 Å². The summed E-state index contributed by atoms with van der Waals surface area (Å²) in [5.41, 5.74) is 0. The molecule has 1 rings (SSSR count). The molecule has 2 N–H and O–H groups in total. The maximum Gasteiger partial charge on any atom is 0.233 e. The first-order valence-corrected chi connectivity index (χ1v) is 6.80. The molecule has 0 aromatic rings. The van der Waals surface area contributed by atoms with Gasteiger partial charge in [-0.15, -0.1) is 0 Å². The zero-order chi connectivity index (χ0) is 12.7. The average molecular weight is 241 g/mol. The largest absolute Gasteiger partial charge is 0.355 e. The summed E-state index contributed by atoms with van der Waals surface area (Å²) in [6.07, 6.45) is 3.47. The van der Waals surface area contributed by atoms with Crippen molar-refractivity contribution in [2.75, 3.05) is 33.2 Å². The second-order valence-electron chi connectivity index (χ2n) is 5.24. The molecule has 0 spiro atoms. The van der Waals surface area contributed by atoms with Gasteiger partial charge in [0.1, 0.15) is 0 Å². The molecule has 0 aliphatic carbocycles. The number of piperidine rings is 1. The molecule has 1 aliphatic rings. The monoisotopic (exact) mass is 241 g/mol. The van der Waals surface area contributed by atoms with Gasteiger partial charge < -0.3 is 15.5 Å². The molecule has 0 bridgehead atoms. The van der Waals surface area contributed by atoms with E-state index in [2.05, 4.69) is 36.4 Å². The van der Waals surface area contributed by atoms with Crippen LogP contribution in [0, 0.1) is 5.92 Å². The third-order valence-corrected chi connectivity index (χ3v) is 3.65. The minimum atomic E-state index is 0.129. The topological polar surface area (TPSA) is 44.4 Å². The SMILES string of the molecule is CCC(C)NCC(=O)NCC1CCN(C)CC1. The van der Waals surface area contributed by atoms with E-state index in [4.69, 9.17) is 0 Å². The standard InChI is InChI=1S/C13H27N3O/c1-4-11(2)14-10-13(17)15-9-12-5-7-16(3)8-6-12/h11-12,14H,4-10H2,1-3H3,(H,15,17). The predicted octanol–water partition coefficient (Wildman–Crippen LogP) is 0.833. The third kappa shape index (κ3) is 6.03. The van der Waals surface area contributed by atoms with E-state index in [0.29, 0.717) is 18.5 Å². The number of amides is 1. The molecule has 1 fully saturated rings. The number of carbonyl (C=O) groups excluding carboxylic acids is 1. The van der Waals surface area contributed by atoms with Gasteiger partial charge in [-0.3, -0.25) is 4.79 Å². The summed E-state index contributed by atoms with van der Waals surface area (Å²) in [6.45, 7) is 7.83. The molecule has 4 heteroatoms. The molecule has 1 aliphatic heterocycles. The number of rotatable bonds is 6. The van der Waals surface area contributed by atoms with E-state index in [1.807, 2.05) is 0 Å². The molecule has 1 atom stereocenters. The van der Waals surface area contributed by atoms with Gasteiger partial charge in [0.05, 0.1) is 6.54 Å². The van der Waals surface area contributed by atoms with E-state index in [1.165, 1.54) is 12.8 Å². The van der Waals surface area contributed by atoms with Crippen molar-refractivity contribution in [3.8, 4) is 0 Å². The minimum Gasteiger partial charge on any atom is -0.355 e. The van der Waals surface area contributed by atoms with Crippen LogP contribution < -0.4 is 10.6 Å². The summed E-state index contributed by atoms with van der Waals surface area (Å²) in [5.74, 6) is 0.794. The lowest BCUT2D eigenvalue weighted by Gasteiger charge is -2.29. The van der Waals surface area contributed by atoms with Crippen molar-refractivity contribution < 1.29 is 4.79 Å². The van der Waals surface area contributed by atoms with Gasteiger partial charge in [-0.05, 0) is 52.2 Å². The van der Waals surface area contributed by atoms with Crippen molar-refractivity contribution in [3.63, 3.8) is 0 Å². The minimum absolute atomic E-state index is 0.129. The fraction of sp³-hybridized carbons (Fsp3) is 0.923. The maximum absolute atomic E-state index is 11.6. The Kier molecular flexibility index (Phi) is 6.52. The average Bonchev–Trinajstić information content (AvgIpc) is 2.35. The quantitative estimate of drug-likeness (QED) is 0.724. The van der Waals surface area contributed by atoms with Crippen molar-refractivity contribution >= 4 is 5.91 Å². The molecule has 1 saturated heterocycles. The van der Waals surface area contributed by atoms with Crippen LogP contribution in [0.25, 0.3) is 0 Å². The Morgan fingerprint density at radius 3 is 2.65 bits per heavy atom. The Labute approximate surface area is 105 Å². The van der Waals surface area contributed by atoms with E-state index in [0.717, 1.165) is 26.1 Å². The van der Waals surface area contributed by atoms with Crippen molar-refractivity contribution in [1.82, 2.24) is 15.5 Å². The number of likely N-dealkylation sites (tertiary alicyclic amines) is 1. The van der Waals surface area contributed by atoms with Crippen LogP contribution in [0.5, 0.6) is 0 Å². The maximum atomic E-state index is 11.6. The summed E-state index contributed by atoms with van der Waals surface area (Å²) < 4.78 is 0. The first-order chi connectivity index (χ1) is 8.11. The predicted molar refractivity (Wildman–Crippen MR) is 71.0 cm³/mol. The van der Waals surface area contributed by atoms with Crippen molar-refractivity contribution in [2.45, 2.75) is 39.2 Å². The fourth-order valence-corrected chi connectivity index (χ4v) is 2.00. The Balaban J connectivity index is 2.07. The molecule has 100 valence electrons. The van der Waals surface area contributed by atoms with Crippen LogP contribution in [0.3, 0.4) is 0 Å². The van der Waals surface area contributed by atoms with Crippen LogP contribution >= 0.6 is 0 Å². The third-order valence-electron chi connectivity index (χ3n) is 3.65. The first kappa shape index (κ1) is 14.5. The van der Waals surface area contributed by atoms with Gasteiger partial charge in [0.25, 0.3) is 0 Å². The van der Waals surface area contributed by atoms with E-state index in [9.17, 15) is 4.79 Å². The van der Waals surface area contributed by atoms with Crippen molar-refractivity contribution in [2.24, 2.45) is 5.92 Å². The Bertz CT molecular complexity index is 225. The zero-order valence-electron chi connectivity index (χ0n) is 11.5. The molecule has 0 radical (unpaired) electrons. The van der Waals surface area contributed by atoms with Crippen molar-refractivity contribution in [3.05, 3.63) is 0 Å². The van der Waals surface area contributed by atoms with Crippen LogP contribution in [0.2, 0.25) is 0 Å². The van der Waals surface area contributed by atoms with Crippen LogP contribution in [0.4, 0.5) is 0 Å². The van der Waals surface area contributed by atoms with Gasteiger partial charge in [0, 0.05) is 12.6 Å². The molecule has 1 amide bonds. The number of nitrogens with zero attached hydrogens (tertiary/aromatic N) is 1. The molecule has 1 heterocycles. The lowest BCUT2D eigenvalue weighted by molar-refractivity contribution is -0.120. The summed E-state index contributed by atoms with van der Waals surface area (Å²) >= 11 is 0. The highest BCUT2D eigenvalue weighted by atomic mass is 16.1. The zero-order valence-corrected chi connectivity index (χ0v) is 11.5. The second kappa shape index (κ2) is 7.67. The molecule has 0 aromatic heterocycles. The highest BCUT2D eigenvalue weighted by molar-refractivity contribution is 5.77. The van der Waals surface area contributed by atoms with Gasteiger partial charge in [-0.1, -0.05) is 6.92 Å². The molecule has 4 nitrogen and oxygen atoms in total. The molecule has 0 saturated carbocycles.